The molecule has 3 rings (SSSR count). The fraction of sp³-hybridized carbons (Fsp3) is 0.353. The highest BCUT2D eigenvalue weighted by Crippen LogP contribution is 2.18. The van der Waals surface area contributed by atoms with Crippen LogP contribution >= 0.6 is 0 Å². The van der Waals surface area contributed by atoms with Gasteiger partial charge in [0.1, 0.15) is 18.4 Å². The maximum Gasteiger partial charge on any atom is 0.323 e. The summed E-state index contributed by atoms with van der Waals surface area (Å²) in [5, 5.41) is 9.52. The van der Waals surface area contributed by atoms with Crippen molar-refractivity contribution in [2.45, 2.75) is 19.6 Å². The lowest BCUT2D eigenvalue weighted by Crippen LogP contribution is -2.57. The minimum atomic E-state index is -0.225. The van der Waals surface area contributed by atoms with E-state index in [2.05, 4.69) is 15.7 Å². The van der Waals surface area contributed by atoms with Crippen LogP contribution in [0.2, 0.25) is 0 Å². The van der Waals surface area contributed by atoms with Crippen molar-refractivity contribution in [3.63, 3.8) is 0 Å². The van der Waals surface area contributed by atoms with Gasteiger partial charge in [-0.1, -0.05) is 18.2 Å². The molecule has 1 fully saturated rings. The lowest BCUT2D eigenvalue weighted by atomic mass is 10.2. The number of aryl methyl sites for hydroxylation is 1. The fourth-order valence-electron chi connectivity index (χ4n) is 2.51. The van der Waals surface area contributed by atoms with Gasteiger partial charge in [-0.15, -0.1) is 0 Å². The van der Waals surface area contributed by atoms with Crippen LogP contribution in [0.5, 0.6) is 5.75 Å². The summed E-state index contributed by atoms with van der Waals surface area (Å²) in [6.45, 7) is 3.01. The summed E-state index contributed by atoms with van der Waals surface area (Å²) >= 11 is 0. The van der Waals surface area contributed by atoms with Crippen molar-refractivity contribution < 1.29 is 14.3 Å². The first-order valence-electron chi connectivity index (χ1n) is 8.08. The lowest BCUT2D eigenvalue weighted by Gasteiger charge is -2.38. The van der Waals surface area contributed by atoms with E-state index in [4.69, 9.17) is 4.74 Å². The third-order valence-corrected chi connectivity index (χ3v) is 3.97. The first kappa shape index (κ1) is 16.8. The van der Waals surface area contributed by atoms with Crippen LogP contribution < -0.4 is 15.4 Å². The van der Waals surface area contributed by atoms with Gasteiger partial charge in [0.2, 0.25) is 5.91 Å². The third-order valence-electron chi connectivity index (χ3n) is 3.97. The minimum Gasteiger partial charge on any atom is -0.487 e. The summed E-state index contributed by atoms with van der Waals surface area (Å²) in [5.74, 6) is 1.09. The number of anilines is 1. The Labute approximate surface area is 145 Å². The zero-order valence-corrected chi connectivity index (χ0v) is 14.2. The van der Waals surface area contributed by atoms with Gasteiger partial charge in [0, 0.05) is 18.8 Å². The molecular weight excluding hydrogens is 322 g/mol. The quantitative estimate of drug-likeness (QED) is 0.855. The molecule has 25 heavy (non-hydrogen) atoms. The molecule has 3 amide bonds. The van der Waals surface area contributed by atoms with E-state index in [-0.39, 0.29) is 24.6 Å². The molecule has 0 atom stereocenters. The standard InChI is InChI=1S/C17H21N5O3/c1-12-8-15(20-22(12)11-16(23)18-2)19-17(24)21-9-14(10-21)25-13-6-4-3-5-7-13/h3-8,14H,9-11H2,1-2H3,(H,18,23)(H,19,20,24). The highest BCUT2D eigenvalue weighted by Gasteiger charge is 2.32. The summed E-state index contributed by atoms with van der Waals surface area (Å²) in [6.07, 6.45) is 0.000642. The van der Waals surface area contributed by atoms with Crippen LogP contribution in [0, 0.1) is 6.92 Å². The van der Waals surface area contributed by atoms with Gasteiger partial charge in [0.05, 0.1) is 13.1 Å². The number of likely N-dealkylation sites (tertiary alicyclic amines) is 1. The molecule has 2 heterocycles. The first-order valence-corrected chi connectivity index (χ1v) is 8.08. The fourth-order valence-corrected chi connectivity index (χ4v) is 2.51. The number of carbonyl (C=O) groups excluding carboxylic acids is 2. The largest absolute Gasteiger partial charge is 0.487 e. The van der Waals surface area contributed by atoms with Gasteiger partial charge in [-0.3, -0.25) is 14.8 Å². The number of ether oxygens (including phenoxy) is 1. The molecule has 0 bridgehead atoms. The van der Waals surface area contributed by atoms with Crippen molar-refractivity contribution in [3.05, 3.63) is 42.1 Å². The van der Waals surface area contributed by atoms with E-state index in [1.165, 1.54) is 0 Å². The van der Waals surface area contributed by atoms with E-state index in [0.29, 0.717) is 18.9 Å². The van der Waals surface area contributed by atoms with Gasteiger partial charge in [-0.05, 0) is 19.1 Å². The number of aromatic nitrogens is 2. The van der Waals surface area contributed by atoms with E-state index in [1.807, 2.05) is 37.3 Å². The van der Waals surface area contributed by atoms with Crippen molar-refractivity contribution in [1.82, 2.24) is 20.0 Å². The van der Waals surface area contributed by atoms with Crippen LogP contribution in [0.15, 0.2) is 36.4 Å². The summed E-state index contributed by atoms with van der Waals surface area (Å²) in [6, 6.07) is 11.1. The molecule has 8 nitrogen and oxygen atoms in total. The molecule has 0 aliphatic carbocycles. The van der Waals surface area contributed by atoms with Gasteiger partial charge in [-0.2, -0.15) is 5.10 Å². The molecule has 1 aliphatic heterocycles. The number of hydrogen-bond acceptors (Lipinski definition) is 4. The number of urea groups is 1. The zero-order chi connectivity index (χ0) is 17.8. The lowest BCUT2D eigenvalue weighted by molar-refractivity contribution is -0.121. The van der Waals surface area contributed by atoms with Crippen molar-refractivity contribution >= 4 is 17.8 Å². The normalized spacial score (nSPS) is 13.9. The Kier molecular flexibility index (Phi) is 4.87. The van der Waals surface area contributed by atoms with Gasteiger partial charge < -0.3 is 15.0 Å². The van der Waals surface area contributed by atoms with E-state index in [9.17, 15) is 9.59 Å². The van der Waals surface area contributed by atoms with Crippen LogP contribution in [0.25, 0.3) is 0 Å². The van der Waals surface area contributed by atoms with Gasteiger partial charge >= 0.3 is 6.03 Å². The van der Waals surface area contributed by atoms with E-state index < -0.39 is 0 Å². The average Bonchev–Trinajstić information content (AvgIpc) is 2.90. The van der Waals surface area contributed by atoms with E-state index in [0.717, 1.165) is 11.4 Å². The smallest absolute Gasteiger partial charge is 0.323 e. The molecule has 1 aromatic carbocycles. The molecule has 2 aromatic rings. The molecule has 1 aliphatic rings. The monoisotopic (exact) mass is 343 g/mol. The Balaban J connectivity index is 1.49. The molecule has 132 valence electrons. The first-order chi connectivity index (χ1) is 12.0. The highest BCUT2D eigenvalue weighted by atomic mass is 16.5. The van der Waals surface area contributed by atoms with Crippen molar-refractivity contribution in [3.8, 4) is 5.75 Å². The third kappa shape index (κ3) is 4.09. The van der Waals surface area contributed by atoms with Crippen molar-refractivity contribution in [1.29, 1.82) is 0 Å². The summed E-state index contributed by atoms with van der Waals surface area (Å²) < 4.78 is 7.32. The van der Waals surface area contributed by atoms with Gasteiger partial charge in [0.25, 0.3) is 0 Å². The number of likely N-dealkylation sites (N-methyl/N-ethyl adjacent to an activating group) is 1. The van der Waals surface area contributed by atoms with Crippen LogP contribution in [0.1, 0.15) is 5.69 Å². The van der Waals surface area contributed by atoms with Crippen LogP contribution in [-0.2, 0) is 11.3 Å². The summed E-state index contributed by atoms with van der Waals surface area (Å²) in [7, 11) is 1.57. The number of nitrogens with one attached hydrogen (secondary N) is 2. The second kappa shape index (κ2) is 7.25. The number of carbonyl (C=O) groups is 2. The number of amides is 3. The van der Waals surface area contributed by atoms with Crippen molar-refractivity contribution in [2.24, 2.45) is 0 Å². The van der Waals surface area contributed by atoms with Gasteiger partial charge in [-0.25, -0.2) is 4.79 Å². The molecule has 0 radical (unpaired) electrons. The maximum absolute atomic E-state index is 12.2. The van der Waals surface area contributed by atoms with Crippen LogP contribution in [-0.4, -0.2) is 52.9 Å². The number of hydrogen-bond donors (Lipinski definition) is 2. The second-order valence-corrected chi connectivity index (χ2v) is 5.89. The minimum absolute atomic E-state index is 0.000642. The van der Waals surface area contributed by atoms with E-state index in [1.54, 1.807) is 22.7 Å². The average molecular weight is 343 g/mol. The maximum atomic E-state index is 12.2. The Morgan fingerprint density at radius 3 is 2.68 bits per heavy atom. The van der Waals surface area contributed by atoms with Crippen molar-refractivity contribution in [2.75, 3.05) is 25.5 Å². The molecule has 0 unspecified atom stereocenters. The topological polar surface area (TPSA) is 88.5 Å². The number of nitrogens with zero attached hydrogens (tertiary/aromatic N) is 3. The van der Waals surface area contributed by atoms with Crippen LogP contribution in [0.3, 0.4) is 0 Å². The second-order valence-electron chi connectivity index (χ2n) is 5.89. The SMILES string of the molecule is CNC(=O)Cn1nc(NC(=O)N2CC(Oc3ccccc3)C2)cc1C. The molecular formula is C17H21N5O3. The molecule has 8 heteroatoms. The summed E-state index contributed by atoms with van der Waals surface area (Å²) in [5.41, 5.74) is 0.799. The Hall–Kier alpha value is -3.03. The molecule has 0 spiro atoms. The number of para-hydroxylation sites is 1. The predicted molar refractivity (Wildman–Crippen MR) is 92.5 cm³/mol. The van der Waals surface area contributed by atoms with Crippen LogP contribution in [0.4, 0.5) is 10.6 Å². The Morgan fingerprint density at radius 2 is 2.00 bits per heavy atom. The summed E-state index contributed by atoms with van der Waals surface area (Å²) in [4.78, 5) is 25.3. The van der Waals surface area contributed by atoms with Gasteiger partial charge in [0.15, 0.2) is 5.82 Å². The Morgan fingerprint density at radius 1 is 1.28 bits per heavy atom. The molecule has 0 saturated carbocycles. The highest BCUT2D eigenvalue weighted by molar-refractivity contribution is 5.89. The predicted octanol–water partition coefficient (Wildman–Crippen LogP) is 1.23. The molecule has 1 saturated heterocycles. The molecule has 2 N–H and O–H groups in total. The zero-order valence-electron chi connectivity index (χ0n) is 14.2. The Bertz CT molecular complexity index is 753. The molecule has 1 aromatic heterocycles. The number of benzene rings is 1. The number of rotatable bonds is 5. The van der Waals surface area contributed by atoms with E-state index >= 15 is 0 Å².